The van der Waals surface area contributed by atoms with Crippen molar-refractivity contribution < 1.29 is 5.11 Å². The molecule has 0 radical (unpaired) electrons. The molecule has 0 unspecified atom stereocenters. The number of phenols is 1. The molecular weight excluding hydrogens is 689 g/mol. The number of hydrogen-bond acceptors (Lipinski definition) is 1. The summed E-state index contributed by atoms with van der Waals surface area (Å²) in [5.41, 5.74) is 20.3. The van der Waals surface area contributed by atoms with E-state index in [-0.39, 0.29) is 0 Å². The van der Waals surface area contributed by atoms with Crippen LogP contribution in [0.15, 0.2) is 176 Å². The van der Waals surface area contributed by atoms with Crippen molar-refractivity contribution in [3.8, 4) is 83.6 Å². The van der Waals surface area contributed by atoms with Crippen LogP contribution >= 0.6 is 0 Å². The van der Waals surface area contributed by atoms with Gasteiger partial charge in [0, 0.05) is 5.56 Å². The van der Waals surface area contributed by atoms with Gasteiger partial charge in [0.2, 0.25) is 0 Å². The lowest BCUT2D eigenvalue weighted by atomic mass is 9.80. The SMILES string of the molecule is CC/C=C\c1c(C)c2ccc(-c3cccc(-c4ccccc4O)c3C)cc2c2cc(-c3ccc4c(c3)-c3ccccc3-c3ccccc3-c3ccccc3-4)ccc12. The molecule has 9 aromatic rings. The average molecular weight is 731 g/mol. The van der Waals surface area contributed by atoms with E-state index in [1.54, 1.807) is 6.07 Å². The zero-order valence-corrected chi connectivity index (χ0v) is 32.5. The lowest BCUT2D eigenvalue weighted by Gasteiger charge is -2.23. The standard InChI is InChI=1S/C56H42O/c1-4-5-15-41-36(3)43-29-28-39(40-23-14-24-42(35(40)2)52-22-12-13-25-56(52)57)34-53(43)55-33-38(26-30-50(41)55)37-27-31-51-48-20-9-8-18-46(48)44-16-6-7-17-45(44)47-19-10-11-21-49(47)54(51)32-37/h5-34,57H,4H2,1-3H3/b15-5-,46-44?,47-45?,51-48?,54-49?. The van der Waals surface area contributed by atoms with Crippen LogP contribution in [0, 0.1) is 13.8 Å². The maximum atomic E-state index is 10.8. The van der Waals surface area contributed by atoms with Crippen LogP contribution in [0.4, 0.5) is 0 Å². The summed E-state index contributed by atoms with van der Waals surface area (Å²) in [6.07, 6.45) is 5.56. The largest absolute Gasteiger partial charge is 0.507 e. The third-order valence-electron chi connectivity index (χ3n) is 12.1. The molecular formula is C56H42O. The first-order valence-electron chi connectivity index (χ1n) is 20.0. The number of para-hydroxylation sites is 1. The lowest BCUT2D eigenvalue weighted by molar-refractivity contribution is 0.477. The van der Waals surface area contributed by atoms with Crippen molar-refractivity contribution in [2.45, 2.75) is 27.2 Å². The van der Waals surface area contributed by atoms with Gasteiger partial charge in [-0.1, -0.05) is 165 Å². The molecule has 0 saturated heterocycles. The summed E-state index contributed by atoms with van der Waals surface area (Å²) in [5.74, 6) is 0.295. The Bertz CT molecular complexity index is 3080. The fourth-order valence-corrected chi connectivity index (χ4v) is 9.22. The maximum absolute atomic E-state index is 10.8. The van der Waals surface area contributed by atoms with E-state index in [0.29, 0.717) is 5.75 Å². The number of fused-ring (bicyclic) bond motifs is 11. The van der Waals surface area contributed by atoms with E-state index in [0.717, 1.165) is 34.2 Å². The summed E-state index contributed by atoms with van der Waals surface area (Å²) in [7, 11) is 0. The van der Waals surface area contributed by atoms with Crippen LogP contribution in [0.1, 0.15) is 30.0 Å². The minimum Gasteiger partial charge on any atom is -0.507 e. The third-order valence-corrected chi connectivity index (χ3v) is 12.1. The second-order valence-corrected chi connectivity index (χ2v) is 15.3. The summed E-state index contributed by atoms with van der Waals surface area (Å²) < 4.78 is 0. The second-order valence-electron chi connectivity index (χ2n) is 15.3. The highest BCUT2D eigenvalue weighted by atomic mass is 16.3. The Morgan fingerprint density at radius 2 is 0.825 bits per heavy atom. The molecule has 0 aromatic heterocycles. The van der Waals surface area contributed by atoms with Crippen molar-refractivity contribution in [2.24, 2.45) is 0 Å². The van der Waals surface area contributed by atoms with Crippen molar-refractivity contribution in [1.82, 2.24) is 0 Å². The molecule has 0 atom stereocenters. The Morgan fingerprint density at radius 3 is 1.46 bits per heavy atom. The van der Waals surface area contributed by atoms with Crippen LogP contribution in [-0.2, 0) is 0 Å². The highest BCUT2D eigenvalue weighted by molar-refractivity contribution is 6.15. The predicted molar refractivity (Wildman–Crippen MR) is 244 cm³/mol. The zero-order valence-electron chi connectivity index (χ0n) is 32.5. The van der Waals surface area contributed by atoms with Crippen LogP contribution < -0.4 is 0 Å². The number of hydrogen-bond donors (Lipinski definition) is 1. The van der Waals surface area contributed by atoms with Gasteiger partial charge in [-0.3, -0.25) is 0 Å². The molecule has 272 valence electrons. The van der Waals surface area contributed by atoms with Gasteiger partial charge in [0.15, 0.2) is 0 Å². The molecule has 57 heavy (non-hydrogen) atoms. The molecule has 0 saturated carbocycles. The number of aryl methyl sites for hydroxylation is 1. The quantitative estimate of drug-likeness (QED) is 0.175. The molecule has 0 heterocycles. The fourth-order valence-electron chi connectivity index (χ4n) is 9.22. The van der Waals surface area contributed by atoms with Crippen molar-refractivity contribution in [1.29, 1.82) is 0 Å². The topological polar surface area (TPSA) is 20.2 Å². The third kappa shape index (κ3) is 5.69. The molecule has 10 rings (SSSR count). The minimum absolute atomic E-state index is 0.295. The molecule has 1 aliphatic carbocycles. The molecule has 1 heteroatoms. The van der Waals surface area contributed by atoms with Gasteiger partial charge in [-0.25, -0.2) is 0 Å². The van der Waals surface area contributed by atoms with E-state index in [1.165, 1.54) is 88.3 Å². The normalized spacial score (nSPS) is 11.8. The van der Waals surface area contributed by atoms with Crippen LogP contribution in [0.25, 0.3) is 106 Å². The van der Waals surface area contributed by atoms with Gasteiger partial charge >= 0.3 is 0 Å². The number of phenolic OH excluding ortho intramolecular Hbond substituents is 1. The Hall–Kier alpha value is -6.96. The van der Waals surface area contributed by atoms with Crippen molar-refractivity contribution >= 4 is 27.6 Å². The van der Waals surface area contributed by atoms with Gasteiger partial charge in [0.1, 0.15) is 5.75 Å². The van der Waals surface area contributed by atoms with Crippen LogP contribution in [0.5, 0.6) is 5.75 Å². The Morgan fingerprint density at radius 1 is 0.368 bits per heavy atom. The molecule has 9 aromatic carbocycles. The molecule has 0 bridgehead atoms. The highest BCUT2D eigenvalue weighted by Gasteiger charge is 2.22. The van der Waals surface area contributed by atoms with E-state index in [4.69, 9.17) is 0 Å². The molecule has 1 aliphatic rings. The lowest BCUT2D eigenvalue weighted by Crippen LogP contribution is -1.97. The zero-order chi connectivity index (χ0) is 38.6. The van der Waals surface area contributed by atoms with Gasteiger partial charge in [-0.15, -0.1) is 0 Å². The molecule has 0 spiro atoms. The summed E-state index contributed by atoms with van der Waals surface area (Å²) in [6, 6.07) is 61.6. The summed E-state index contributed by atoms with van der Waals surface area (Å²) >= 11 is 0. The van der Waals surface area contributed by atoms with E-state index in [2.05, 4.69) is 179 Å². The van der Waals surface area contributed by atoms with Crippen LogP contribution in [-0.4, -0.2) is 5.11 Å². The maximum Gasteiger partial charge on any atom is 0.123 e. The first-order valence-corrected chi connectivity index (χ1v) is 20.0. The number of rotatable bonds is 5. The molecule has 0 amide bonds. The summed E-state index contributed by atoms with van der Waals surface area (Å²) in [5, 5.41) is 15.8. The van der Waals surface area contributed by atoms with E-state index in [9.17, 15) is 5.11 Å². The average Bonchev–Trinajstić information content (AvgIpc) is 3.26. The fraction of sp³-hybridized carbons (Fsp3) is 0.0714. The summed E-state index contributed by atoms with van der Waals surface area (Å²) in [6.45, 7) is 6.62. The predicted octanol–water partition coefficient (Wildman–Crippen LogP) is 15.7. The monoisotopic (exact) mass is 730 g/mol. The van der Waals surface area contributed by atoms with E-state index >= 15 is 0 Å². The van der Waals surface area contributed by atoms with Crippen LogP contribution in [0.3, 0.4) is 0 Å². The van der Waals surface area contributed by atoms with Gasteiger partial charge in [-0.2, -0.15) is 0 Å². The number of benzene rings is 9. The van der Waals surface area contributed by atoms with E-state index in [1.807, 2.05) is 18.2 Å². The van der Waals surface area contributed by atoms with Crippen molar-refractivity contribution in [2.75, 3.05) is 0 Å². The van der Waals surface area contributed by atoms with Crippen LogP contribution in [0.2, 0.25) is 0 Å². The van der Waals surface area contributed by atoms with Gasteiger partial charge < -0.3 is 5.11 Å². The van der Waals surface area contributed by atoms with Crippen molar-refractivity contribution in [3.05, 3.63) is 193 Å². The molecule has 0 aliphatic heterocycles. The molecule has 1 N–H and O–H groups in total. The summed E-state index contributed by atoms with van der Waals surface area (Å²) in [4.78, 5) is 0. The number of aromatic hydroxyl groups is 1. The van der Waals surface area contributed by atoms with E-state index < -0.39 is 0 Å². The second kappa shape index (κ2) is 14.0. The molecule has 0 fully saturated rings. The van der Waals surface area contributed by atoms with Gasteiger partial charge in [-0.05, 0) is 155 Å². The molecule has 1 nitrogen and oxygen atoms in total. The Balaban J connectivity index is 1.19. The number of allylic oxidation sites excluding steroid dienone is 1. The Kier molecular flexibility index (Phi) is 8.46. The smallest absolute Gasteiger partial charge is 0.123 e. The van der Waals surface area contributed by atoms with Crippen molar-refractivity contribution in [3.63, 3.8) is 0 Å². The first kappa shape index (κ1) is 34.5. The van der Waals surface area contributed by atoms with Gasteiger partial charge in [0.05, 0.1) is 0 Å². The highest BCUT2D eigenvalue weighted by Crippen LogP contribution is 2.49. The minimum atomic E-state index is 0.295. The first-order chi connectivity index (χ1) is 28.0. The Labute approximate surface area is 334 Å². The van der Waals surface area contributed by atoms with Gasteiger partial charge in [0.25, 0.3) is 0 Å².